The van der Waals surface area contributed by atoms with Crippen molar-refractivity contribution in [1.82, 2.24) is 13.7 Å². The number of phenolic OH excluding ortho intramolecular Hbond substituents is 1. The fraction of sp³-hybridized carbons (Fsp3) is 0.286. The van der Waals surface area contributed by atoms with E-state index in [4.69, 9.17) is 4.74 Å². The molecule has 0 unspecified atom stereocenters. The number of aromatic nitrogens is 3. The molecular weight excluding hydrogens is 442 g/mol. The smallest absolute Gasteiger partial charge is 0.331 e. The number of phenols is 1. The molecule has 5 rings (SSSR count). The van der Waals surface area contributed by atoms with Crippen molar-refractivity contribution in [2.24, 2.45) is 14.1 Å². The van der Waals surface area contributed by atoms with Gasteiger partial charge in [0.1, 0.15) is 11.9 Å². The topological polar surface area (TPSA) is 78.4 Å². The van der Waals surface area contributed by atoms with Crippen LogP contribution >= 0.6 is 0 Å². The second kappa shape index (κ2) is 8.13. The molecule has 1 aliphatic heterocycles. The van der Waals surface area contributed by atoms with Crippen molar-refractivity contribution in [3.8, 4) is 17.0 Å². The Morgan fingerprint density at radius 3 is 2.49 bits per heavy atom. The van der Waals surface area contributed by atoms with E-state index < -0.39 is 17.3 Å². The number of benzene rings is 2. The lowest BCUT2D eigenvalue weighted by atomic mass is 9.95. The highest BCUT2D eigenvalue weighted by molar-refractivity contribution is 5.96. The van der Waals surface area contributed by atoms with Crippen LogP contribution in [-0.4, -0.2) is 25.4 Å². The van der Waals surface area contributed by atoms with Crippen LogP contribution in [0.1, 0.15) is 36.8 Å². The van der Waals surface area contributed by atoms with Crippen LogP contribution in [0.5, 0.6) is 5.75 Å². The summed E-state index contributed by atoms with van der Waals surface area (Å²) in [5, 5.41) is 11.6. The molecule has 35 heavy (non-hydrogen) atoms. The highest BCUT2D eigenvalue weighted by Crippen LogP contribution is 2.47. The summed E-state index contributed by atoms with van der Waals surface area (Å²) in [5.74, 6) is 0.133. The lowest BCUT2D eigenvalue weighted by Gasteiger charge is -2.39. The number of nitrogens with zero attached hydrogens (tertiary/aromatic N) is 3. The second-order valence-electron chi connectivity index (χ2n) is 9.72. The number of allylic oxidation sites excluding steroid dienone is 1. The minimum atomic E-state index is -0.676. The third-order valence-corrected chi connectivity index (χ3v) is 6.91. The molecule has 0 spiro atoms. The van der Waals surface area contributed by atoms with Crippen molar-refractivity contribution in [2.45, 2.75) is 31.9 Å². The first-order valence-electron chi connectivity index (χ1n) is 11.6. The number of para-hydroxylation sites is 1. The molecule has 0 bridgehead atoms. The molecule has 1 aliphatic rings. The summed E-state index contributed by atoms with van der Waals surface area (Å²) in [4.78, 5) is 26.7. The minimum absolute atomic E-state index is 0.133. The van der Waals surface area contributed by atoms with Gasteiger partial charge in [0.15, 0.2) is 0 Å². The molecule has 4 aromatic rings. The van der Waals surface area contributed by atoms with Gasteiger partial charge in [0.25, 0.3) is 5.56 Å². The van der Waals surface area contributed by atoms with Gasteiger partial charge in [0.05, 0.1) is 34.4 Å². The Bertz CT molecular complexity index is 1590. The molecular formula is C28H29N3O4. The first-order valence-corrected chi connectivity index (χ1v) is 11.6. The van der Waals surface area contributed by atoms with Crippen LogP contribution < -0.4 is 11.2 Å². The van der Waals surface area contributed by atoms with Gasteiger partial charge in [-0.2, -0.15) is 0 Å². The minimum Gasteiger partial charge on any atom is -0.507 e. The quantitative estimate of drug-likeness (QED) is 0.457. The fourth-order valence-electron chi connectivity index (χ4n) is 5.25. The van der Waals surface area contributed by atoms with Crippen LogP contribution in [0.25, 0.3) is 22.2 Å². The zero-order chi connectivity index (χ0) is 25.1. The van der Waals surface area contributed by atoms with Crippen LogP contribution in [0.3, 0.4) is 0 Å². The van der Waals surface area contributed by atoms with Crippen molar-refractivity contribution < 1.29 is 9.84 Å². The average molecular weight is 472 g/mol. The van der Waals surface area contributed by atoms with Crippen molar-refractivity contribution in [1.29, 1.82) is 0 Å². The molecule has 0 aliphatic carbocycles. The average Bonchev–Trinajstić information content (AvgIpc) is 3.22. The molecule has 0 radical (unpaired) electrons. The first kappa shape index (κ1) is 22.9. The largest absolute Gasteiger partial charge is 0.507 e. The SMILES string of the molecule is C=CCc1cccc([C@H]2OCC(C)(C)n3c(-c4ccccc4)c4c(=O)n(C)c(=O)n(C)c4c32)c1O. The molecule has 0 amide bonds. The molecule has 3 heterocycles. The van der Waals surface area contributed by atoms with E-state index in [1.54, 1.807) is 13.1 Å². The van der Waals surface area contributed by atoms with Gasteiger partial charge in [-0.3, -0.25) is 13.9 Å². The Morgan fingerprint density at radius 2 is 1.80 bits per heavy atom. The number of hydrogen-bond acceptors (Lipinski definition) is 4. The zero-order valence-corrected chi connectivity index (χ0v) is 20.4. The number of hydrogen-bond donors (Lipinski definition) is 1. The van der Waals surface area contributed by atoms with E-state index in [2.05, 4.69) is 25.0 Å². The summed E-state index contributed by atoms with van der Waals surface area (Å²) in [6, 6.07) is 15.3. The van der Waals surface area contributed by atoms with E-state index in [0.29, 0.717) is 35.2 Å². The lowest BCUT2D eigenvalue weighted by Crippen LogP contribution is -2.40. The summed E-state index contributed by atoms with van der Waals surface area (Å²) in [6.45, 7) is 8.24. The van der Waals surface area contributed by atoms with E-state index in [1.165, 1.54) is 11.6 Å². The lowest BCUT2D eigenvalue weighted by molar-refractivity contribution is -0.00802. The molecule has 180 valence electrons. The Balaban J connectivity index is 1.98. The van der Waals surface area contributed by atoms with Crippen molar-refractivity contribution >= 4 is 10.9 Å². The number of rotatable bonds is 4. The molecule has 7 heteroatoms. The van der Waals surface area contributed by atoms with Crippen LogP contribution in [0.4, 0.5) is 0 Å². The summed E-state index contributed by atoms with van der Waals surface area (Å²) in [6.07, 6.45) is 1.57. The van der Waals surface area contributed by atoms with Gasteiger partial charge in [-0.25, -0.2) is 4.79 Å². The monoisotopic (exact) mass is 471 g/mol. The van der Waals surface area contributed by atoms with Crippen molar-refractivity contribution in [3.63, 3.8) is 0 Å². The van der Waals surface area contributed by atoms with Crippen LogP contribution in [0, 0.1) is 0 Å². The summed E-state index contributed by atoms with van der Waals surface area (Å²) in [7, 11) is 3.17. The molecule has 7 nitrogen and oxygen atoms in total. The van der Waals surface area contributed by atoms with Gasteiger partial charge in [0.2, 0.25) is 0 Å². The predicted octanol–water partition coefficient (Wildman–Crippen LogP) is 3.99. The van der Waals surface area contributed by atoms with Crippen LogP contribution in [0.2, 0.25) is 0 Å². The van der Waals surface area contributed by atoms with Gasteiger partial charge in [-0.1, -0.05) is 54.6 Å². The Hall–Kier alpha value is -3.84. The van der Waals surface area contributed by atoms with Crippen molar-refractivity contribution in [3.05, 3.63) is 98.8 Å². The normalized spacial score (nSPS) is 16.9. The van der Waals surface area contributed by atoms with E-state index in [-0.39, 0.29) is 11.3 Å². The fourth-order valence-corrected chi connectivity index (χ4v) is 5.25. The highest BCUT2D eigenvalue weighted by atomic mass is 16.5. The summed E-state index contributed by atoms with van der Waals surface area (Å²) >= 11 is 0. The zero-order valence-electron chi connectivity index (χ0n) is 20.4. The molecule has 1 atom stereocenters. The number of aryl methyl sites for hydroxylation is 1. The third kappa shape index (κ3) is 3.30. The summed E-state index contributed by atoms with van der Waals surface area (Å²) < 4.78 is 11.2. The molecule has 2 aromatic carbocycles. The maximum Gasteiger partial charge on any atom is 0.331 e. The van der Waals surface area contributed by atoms with E-state index >= 15 is 0 Å². The Kier molecular flexibility index (Phi) is 5.33. The van der Waals surface area contributed by atoms with Crippen LogP contribution in [-0.2, 0) is 30.8 Å². The molecule has 0 saturated carbocycles. The third-order valence-electron chi connectivity index (χ3n) is 6.91. The molecule has 0 saturated heterocycles. The molecule has 1 N–H and O–H groups in total. The van der Waals surface area contributed by atoms with Gasteiger partial charge in [-0.15, -0.1) is 6.58 Å². The van der Waals surface area contributed by atoms with Gasteiger partial charge >= 0.3 is 5.69 Å². The van der Waals surface area contributed by atoms with Crippen molar-refractivity contribution in [2.75, 3.05) is 6.61 Å². The van der Waals surface area contributed by atoms with E-state index in [0.717, 1.165) is 21.4 Å². The van der Waals surface area contributed by atoms with E-state index in [9.17, 15) is 14.7 Å². The van der Waals surface area contributed by atoms with Gasteiger partial charge in [-0.05, 0) is 31.4 Å². The molecule has 0 fully saturated rings. The predicted molar refractivity (Wildman–Crippen MR) is 137 cm³/mol. The standard InChI is InChI=1S/C28H29N3O4/c1-6-11-18-14-10-15-19(24(18)32)25-23-22-20(26(33)30(5)27(34)29(22)4)21(17-12-8-7-9-13-17)31(23)28(2,3)16-35-25/h6-10,12-15,25,32H,1,11,16H2,2-5H3/t25-/m1/s1. The summed E-state index contributed by atoms with van der Waals surface area (Å²) in [5.41, 5.74) is 2.84. The Labute approximate surface area is 203 Å². The van der Waals surface area contributed by atoms with Gasteiger partial charge < -0.3 is 14.4 Å². The number of ether oxygens (including phenoxy) is 1. The maximum atomic E-state index is 13.6. The molecule has 2 aromatic heterocycles. The number of fused-ring (bicyclic) bond motifs is 3. The van der Waals surface area contributed by atoms with Gasteiger partial charge in [0, 0.05) is 19.7 Å². The van der Waals surface area contributed by atoms with Crippen LogP contribution in [0.15, 0.2) is 70.8 Å². The second-order valence-corrected chi connectivity index (χ2v) is 9.72. The highest BCUT2D eigenvalue weighted by Gasteiger charge is 2.41. The maximum absolute atomic E-state index is 13.6. The first-order chi connectivity index (χ1) is 16.7. The Morgan fingerprint density at radius 1 is 1.09 bits per heavy atom. The number of aromatic hydroxyl groups is 1. The van der Waals surface area contributed by atoms with E-state index in [1.807, 2.05) is 48.5 Å².